The molecule has 0 bridgehead atoms. The van der Waals surface area contributed by atoms with E-state index in [0.29, 0.717) is 5.75 Å². The quantitative estimate of drug-likeness (QED) is 0.880. The molecule has 3 nitrogen and oxygen atoms in total. The maximum absolute atomic E-state index is 13.4. The van der Waals surface area contributed by atoms with E-state index in [-0.39, 0.29) is 11.9 Å². The van der Waals surface area contributed by atoms with E-state index >= 15 is 0 Å². The molecule has 1 heterocycles. The lowest BCUT2D eigenvalue weighted by molar-refractivity contribution is 0.160. The van der Waals surface area contributed by atoms with E-state index in [9.17, 15) is 8.78 Å². The Balaban J connectivity index is 1.98. The predicted octanol–water partition coefficient (Wildman–Crippen LogP) is 2.26. The van der Waals surface area contributed by atoms with Gasteiger partial charge < -0.3 is 14.8 Å². The van der Waals surface area contributed by atoms with Gasteiger partial charge in [0.15, 0.2) is 11.6 Å². The number of nitrogens with one attached hydrogen (secondary N) is 1. The van der Waals surface area contributed by atoms with E-state index in [4.69, 9.17) is 4.74 Å². The van der Waals surface area contributed by atoms with Gasteiger partial charge in [-0.1, -0.05) is 0 Å². The van der Waals surface area contributed by atoms with Gasteiger partial charge in [0, 0.05) is 6.07 Å². The first-order valence-electron chi connectivity index (χ1n) is 5.65. The van der Waals surface area contributed by atoms with E-state index in [2.05, 4.69) is 10.1 Å². The Morgan fingerprint density at radius 2 is 2.06 bits per heavy atom. The molecular weight excluding hydrogens is 228 g/mol. The molecule has 0 unspecified atom stereocenters. The van der Waals surface area contributed by atoms with Crippen LogP contribution in [0, 0.1) is 5.82 Å². The lowest BCUT2D eigenvalue weighted by Crippen LogP contribution is -2.34. The van der Waals surface area contributed by atoms with Crippen molar-refractivity contribution >= 4 is 0 Å². The molecule has 0 aromatic heterocycles. The maximum Gasteiger partial charge on any atom is 0.228 e. The standard InChI is InChI=1S/C12H15F2NO2/c13-8-16-12-2-1-10(7-11(12)14)17-9-3-5-15-6-4-9/h1-2,7,9,15H,3-6,8H2. The topological polar surface area (TPSA) is 30.5 Å². The Kier molecular flexibility index (Phi) is 4.14. The molecule has 5 heteroatoms. The third-order valence-electron chi connectivity index (χ3n) is 2.70. The molecule has 1 saturated heterocycles. The van der Waals surface area contributed by atoms with E-state index in [1.165, 1.54) is 12.1 Å². The molecule has 1 aliphatic heterocycles. The number of piperidine rings is 1. The molecule has 2 rings (SSSR count). The van der Waals surface area contributed by atoms with Gasteiger partial charge in [-0.05, 0) is 38.1 Å². The van der Waals surface area contributed by atoms with Crippen LogP contribution in [-0.2, 0) is 0 Å². The molecule has 0 saturated carbocycles. The number of rotatable bonds is 4. The van der Waals surface area contributed by atoms with Gasteiger partial charge in [-0.2, -0.15) is 0 Å². The van der Waals surface area contributed by atoms with E-state index < -0.39 is 12.7 Å². The van der Waals surface area contributed by atoms with E-state index in [1.54, 1.807) is 6.07 Å². The summed E-state index contributed by atoms with van der Waals surface area (Å²) in [6.45, 7) is 0.789. The summed E-state index contributed by atoms with van der Waals surface area (Å²) in [6.07, 6.45) is 1.93. The van der Waals surface area contributed by atoms with Crippen LogP contribution in [-0.4, -0.2) is 26.1 Å². The fourth-order valence-corrected chi connectivity index (χ4v) is 1.84. The molecule has 17 heavy (non-hydrogen) atoms. The first-order chi connectivity index (χ1) is 8.29. The minimum Gasteiger partial charge on any atom is -0.490 e. The summed E-state index contributed by atoms with van der Waals surface area (Å²) in [5, 5.41) is 3.22. The third-order valence-corrected chi connectivity index (χ3v) is 2.70. The van der Waals surface area contributed by atoms with Crippen molar-refractivity contribution in [2.45, 2.75) is 18.9 Å². The van der Waals surface area contributed by atoms with Crippen LogP contribution >= 0.6 is 0 Å². The number of alkyl halides is 1. The average Bonchev–Trinajstić information content (AvgIpc) is 2.34. The van der Waals surface area contributed by atoms with Crippen LogP contribution in [0.1, 0.15) is 12.8 Å². The summed E-state index contributed by atoms with van der Waals surface area (Å²) in [4.78, 5) is 0. The van der Waals surface area contributed by atoms with Crippen molar-refractivity contribution in [3.8, 4) is 11.5 Å². The van der Waals surface area contributed by atoms with Crippen molar-refractivity contribution < 1.29 is 18.3 Å². The molecule has 1 fully saturated rings. The van der Waals surface area contributed by atoms with Gasteiger partial charge in [-0.15, -0.1) is 0 Å². The van der Waals surface area contributed by atoms with Crippen LogP contribution in [0.5, 0.6) is 11.5 Å². The Labute approximate surface area is 98.7 Å². The zero-order valence-corrected chi connectivity index (χ0v) is 9.42. The first kappa shape index (κ1) is 12.1. The molecule has 0 atom stereocenters. The van der Waals surface area contributed by atoms with Crippen LogP contribution < -0.4 is 14.8 Å². The molecule has 1 aliphatic rings. The molecule has 1 aromatic carbocycles. The zero-order chi connectivity index (χ0) is 12.1. The number of halogens is 2. The van der Waals surface area contributed by atoms with Crippen LogP contribution in [0.15, 0.2) is 18.2 Å². The minimum atomic E-state index is -1.04. The van der Waals surface area contributed by atoms with Gasteiger partial charge in [-0.3, -0.25) is 0 Å². The third kappa shape index (κ3) is 3.30. The van der Waals surface area contributed by atoms with Crippen molar-refractivity contribution in [3.05, 3.63) is 24.0 Å². The molecule has 94 valence electrons. The molecule has 0 aliphatic carbocycles. The fourth-order valence-electron chi connectivity index (χ4n) is 1.84. The second-order valence-corrected chi connectivity index (χ2v) is 3.91. The second kappa shape index (κ2) is 5.82. The molecule has 1 aromatic rings. The summed E-state index contributed by atoms with van der Waals surface area (Å²) < 4.78 is 35.4. The number of hydrogen-bond donors (Lipinski definition) is 1. The summed E-state index contributed by atoms with van der Waals surface area (Å²) in [6, 6.07) is 4.20. The van der Waals surface area contributed by atoms with Gasteiger partial charge in [0.25, 0.3) is 0 Å². The van der Waals surface area contributed by atoms with E-state index in [1.807, 2.05) is 0 Å². The first-order valence-corrected chi connectivity index (χ1v) is 5.65. The number of hydrogen-bond acceptors (Lipinski definition) is 3. The highest BCUT2D eigenvalue weighted by Crippen LogP contribution is 2.24. The minimum absolute atomic E-state index is 0.0924. The summed E-state index contributed by atoms with van der Waals surface area (Å²) >= 11 is 0. The van der Waals surface area contributed by atoms with Gasteiger partial charge in [0.2, 0.25) is 6.86 Å². The summed E-state index contributed by atoms with van der Waals surface area (Å²) in [5.41, 5.74) is 0. The molecule has 0 spiro atoms. The predicted molar refractivity (Wildman–Crippen MR) is 59.5 cm³/mol. The molecule has 1 N–H and O–H groups in total. The summed E-state index contributed by atoms with van der Waals surface area (Å²) in [5.74, 6) is -0.236. The van der Waals surface area contributed by atoms with E-state index in [0.717, 1.165) is 25.9 Å². The van der Waals surface area contributed by atoms with Crippen LogP contribution in [0.3, 0.4) is 0 Å². The Hall–Kier alpha value is -1.36. The normalized spacial score (nSPS) is 16.8. The van der Waals surface area contributed by atoms with Crippen molar-refractivity contribution in [2.24, 2.45) is 0 Å². The largest absolute Gasteiger partial charge is 0.490 e. The fraction of sp³-hybridized carbons (Fsp3) is 0.500. The highest BCUT2D eigenvalue weighted by molar-refractivity contribution is 5.33. The number of benzene rings is 1. The SMILES string of the molecule is FCOc1ccc(OC2CCNCC2)cc1F. The van der Waals surface area contributed by atoms with Gasteiger partial charge >= 0.3 is 0 Å². The molecule has 0 radical (unpaired) electrons. The Morgan fingerprint density at radius 3 is 2.71 bits per heavy atom. The van der Waals surface area contributed by atoms with Gasteiger partial charge in [0.05, 0.1) is 0 Å². The summed E-state index contributed by atoms with van der Waals surface area (Å²) in [7, 11) is 0. The van der Waals surface area contributed by atoms with Crippen molar-refractivity contribution in [1.29, 1.82) is 0 Å². The average molecular weight is 243 g/mol. The van der Waals surface area contributed by atoms with Crippen molar-refractivity contribution in [2.75, 3.05) is 20.0 Å². The number of ether oxygens (including phenoxy) is 2. The van der Waals surface area contributed by atoms with Crippen LogP contribution in [0.25, 0.3) is 0 Å². The Bertz CT molecular complexity index is 368. The van der Waals surface area contributed by atoms with Crippen molar-refractivity contribution in [1.82, 2.24) is 5.32 Å². The second-order valence-electron chi connectivity index (χ2n) is 3.91. The van der Waals surface area contributed by atoms with Crippen LogP contribution in [0.4, 0.5) is 8.78 Å². The smallest absolute Gasteiger partial charge is 0.228 e. The zero-order valence-electron chi connectivity index (χ0n) is 9.42. The lowest BCUT2D eigenvalue weighted by atomic mass is 10.1. The monoisotopic (exact) mass is 243 g/mol. The maximum atomic E-state index is 13.4. The van der Waals surface area contributed by atoms with Crippen LogP contribution in [0.2, 0.25) is 0 Å². The van der Waals surface area contributed by atoms with Gasteiger partial charge in [0.1, 0.15) is 11.9 Å². The lowest BCUT2D eigenvalue weighted by Gasteiger charge is -2.23. The van der Waals surface area contributed by atoms with Crippen molar-refractivity contribution in [3.63, 3.8) is 0 Å². The molecule has 0 amide bonds. The Morgan fingerprint density at radius 1 is 1.29 bits per heavy atom. The highest BCUT2D eigenvalue weighted by Gasteiger charge is 2.15. The van der Waals surface area contributed by atoms with Gasteiger partial charge in [-0.25, -0.2) is 8.78 Å². The molecular formula is C12H15F2NO2. The highest BCUT2D eigenvalue weighted by atomic mass is 19.1.